The Labute approximate surface area is 330 Å². The van der Waals surface area contributed by atoms with Gasteiger partial charge in [-0.05, 0) is 86.6 Å². The van der Waals surface area contributed by atoms with Gasteiger partial charge in [-0.3, -0.25) is 14.4 Å². The minimum Gasteiger partial charge on any atom is -0.464 e. The number of aliphatic hydroxyl groups is 1. The average Bonchev–Trinajstić information content (AvgIpc) is 3.64. The van der Waals surface area contributed by atoms with E-state index in [4.69, 9.17) is 23.7 Å². The highest BCUT2D eigenvalue weighted by molar-refractivity contribution is 6.01. The van der Waals surface area contributed by atoms with Gasteiger partial charge in [-0.2, -0.15) is 0 Å². The molecule has 1 amide bonds. The van der Waals surface area contributed by atoms with Gasteiger partial charge in [0, 0.05) is 30.1 Å². The van der Waals surface area contributed by atoms with Crippen molar-refractivity contribution < 1.29 is 62.7 Å². The summed E-state index contributed by atoms with van der Waals surface area (Å²) >= 11 is 0. The minimum atomic E-state index is -1.46. The zero-order valence-corrected chi connectivity index (χ0v) is 32.8. The lowest BCUT2D eigenvalue weighted by atomic mass is 9.46. The van der Waals surface area contributed by atoms with Gasteiger partial charge in [0.15, 0.2) is 24.3 Å². The van der Waals surface area contributed by atoms with Crippen molar-refractivity contribution >= 4 is 29.6 Å². The van der Waals surface area contributed by atoms with E-state index in [1.165, 1.54) is 19.1 Å². The van der Waals surface area contributed by atoms with E-state index in [9.17, 15) is 39.2 Å². The molecule has 10 atom stereocenters. The van der Waals surface area contributed by atoms with E-state index < -0.39 is 76.5 Å². The van der Waals surface area contributed by atoms with Crippen LogP contribution in [0.5, 0.6) is 5.75 Å². The highest BCUT2D eigenvalue weighted by Crippen LogP contribution is 2.69. The smallest absolute Gasteiger partial charge is 0.464 e. The normalized spacial score (nSPS) is 32.7. The van der Waals surface area contributed by atoms with Crippen LogP contribution in [0.25, 0.3) is 0 Å². The Balaban J connectivity index is 1.08. The van der Waals surface area contributed by atoms with Crippen molar-refractivity contribution in [1.82, 2.24) is 5.32 Å². The molecule has 0 bridgehead atoms. The molecule has 16 heteroatoms. The zero-order valence-electron chi connectivity index (χ0n) is 32.8. The molecule has 3 saturated carbocycles. The third-order valence-electron chi connectivity index (χ3n) is 12.8. The number of carbonyl (C=O) groups is 5. The molecule has 16 nitrogen and oxygen atoms in total. The standard InChI is InChI=1S/C41H52N2O14/c1-5-8-35-56-34-21-30-29-14-11-26-20-27(45)15-16-39(26,3)36(29)32(46)22-40(30,4)41(34,57-35)33(47)23-53-38(49)55-28-12-9-25(10-13-28)19-31(42-24(2)44)37(48)52-17-6-7-18-54-43(50)51/h9-10,12-13,15-16,20,29-32,34-36,46H,5-8,11,14,17-19,21-23H2,1-4H3,(H,42,44)/t29-,30-,31?,32-,34+,35?,36+,39-,40-,41?/m0/s1. The Kier molecular flexibility index (Phi) is 12.5. The molecule has 1 aromatic carbocycles. The van der Waals surface area contributed by atoms with Crippen molar-refractivity contribution in [3.63, 3.8) is 0 Å². The quantitative estimate of drug-likeness (QED) is 0.0774. The average molecular weight is 797 g/mol. The van der Waals surface area contributed by atoms with Crippen molar-refractivity contribution in [2.75, 3.05) is 19.8 Å². The monoisotopic (exact) mass is 796 g/mol. The van der Waals surface area contributed by atoms with Crippen LogP contribution in [0.15, 0.2) is 48.1 Å². The number of Topliss-reactive ketones (excluding diaryl/α,β-unsaturated/α-hetero) is 1. The lowest BCUT2D eigenvalue weighted by Crippen LogP contribution is -2.63. The molecule has 1 heterocycles. The molecule has 1 aromatic rings. The van der Waals surface area contributed by atoms with E-state index in [1.54, 1.807) is 24.3 Å². The number of unbranched alkanes of at least 4 members (excludes halogenated alkanes) is 1. The molecule has 1 aliphatic heterocycles. The first-order valence-electron chi connectivity index (χ1n) is 19.7. The highest BCUT2D eigenvalue weighted by atomic mass is 16.9. The molecule has 0 aromatic heterocycles. The number of amides is 1. The largest absolute Gasteiger partial charge is 0.514 e. The fraction of sp³-hybridized carbons (Fsp3) is 0.634. The van der Waals surface area contributed by atoms with Gasteiger partial charge in [-0.25, -0.2) is 9.59 Å². The number of nitrogens with zero attached hydrogens (tertiary/aromatic N) is 1. The minimum absolute atomic E-state index is 0.0175. The van der Waals surface area contributed by atoms with Crippen LogP contribution in [0.2, 0.25) is 0 Å². The summed E-state index contributed by atoms with van der Waals surface area (Å²) in [7, 11) is 0. The van der Waals surface area contributed by atoms with Crippen LogP contribution < -0.4 is 10.1 Å². The Hall–Kier alpha value is -4.67. The second kappa shape index (κ2) is 17.0. The number of nitrogens with one attached hydrogen (secondary N) is 1. The van der Waals surface area contributed by atoms with Gasteiger partial charge in [0.1, 0.15) is 11.8 Å². The molecule has 2 N–H and O–H groups in total. The van der Waals surface area contributed by atoms with Crippen LogP contribution >= 0.6 is 0 Å². The number of allylic oxidation sites excluding steroid dienone is 4. The van der Waals surface area contributed by atoms with Crippen LogP contribution in [-0.4, -0.2) is 89.8 Å². The lowest BCUT2D eigenvalue weighted by Gasteiger charge is -2.59. The number of carbonyl (C=O) groups excluding carboxylic acids is 5. The fourth-order valence-corrected chi connectivity index (χ4v) is 10.3. The van der Waals surface area contributed by atoms with E-state index >= 15 is 0 Å². The molecule has 4 aliphatic carbocycles. The Morgan fingerprint density at radius 2 is 1.84 bits per heavy atom. The molecule has 4 fully saturated rings. The van der Waals surface area contributed by atoms with Crippen LogP contribution in [0.4, 0.5) is 4.79 Å². The van der Waals surface area contributed by atoms with Crippen molar-refractivity contribution in [3.05, 3.63) is 63.7 Å². The Bertz CT molecular complexity index is 1790. The number of aliphatic hydroxyl groups excluding tert-OH is 1. The van der Waals surface area contributed by atoms with E-state index in [-0.39, 0.29) is 55.3 Å². The summed E-state index contributed by atoms with van der Waals surface area (Å²) in [6.45, 7) is 6.56. The summed E-state index contributed by atoms with van der Waals surface area (Å²) in [4.78, 5) is 78.6. The van der Waals surface area contributed by atoms with Gasteiger partial charge in [0.2, 0.25) is 11.7 Å². The topological polar surface area (TPSA) is 216 Å². The van der Waals surface area contributed by atoms with E-state index in [0.717, 1.165) is 18.4 Å². The summed E-state index contributed by atoms with van der Waals surface area (Å²) in [5, 5.41) is 23.9. The number of ketones is 2. The molecule has 1 saturated heterocycles. The molecule has 6 rings (SSSR count). The molecular weight excluding hydrogens is 744 g/mol. The van der Waals surface area contributed by atoms with Crippen LogP contribution in [0, 0.1) is 38.7 Å². The van der Waals surface area contributed by atoms with E-state index in [1.807, 2.05) is 19.9 Å². The lowest BCUT2D eigenvalue weighted by molar-refractivity contribution is -0.757. The summed E-state index contributed by atoms with van der Waals surface area (Å²) in [6.07, 6.45) is 6.42. The predicted molar refractivity (Wildman–Crippen MR) is 199 cm³/mol. The van der Waals surface area contributed by atoms with Crippen molar-refractivity contribution in [2.24, 2.45) is 28.6 Å². The molecule has 0 radical (unpaired) electrons. The fourth-order valence-electron chi connectivity index (χ4n) is 10.3. The second-order valence-electron chi connectivity index (χ2n) is 16.2. The maximum Gasteiger partial charge on any atom is 0.514 e. The zero-order chi connectivity index (χ0) is 41.1. The van der Waals surface area contributed by atoms with Crippen molar-refractivity contribution in [1.29, 1.82) is 0 Å². The first kappa shape index (κ1) is 41.9. The van der Waals surface area contributed by atoms with Gasteiger partial charge < -0.3 is 38.9 Å². The van der Waals surface area contributed by atoms with E-state index in [0.29, 0.717) is 37.7 Å². The van der Waals surface area contributed by atoms with E-state index in [2.05, 4.69) is 17.1 Å². The van der Waals surface area contributed by atoms with Crippen molar-refractivity contribution in [2.45, 2.75) is 116 Å². The molecule has 5 aliphatic rings. The van der Waals surface area contributed by atoms with Crippen LogP contribution in [0.3, 0.4) is 0 Å². The summed E-state index contributed by atoms with van der Waals surface area (Å²) in [6, 6.07) is 5.14. The van der Waals surface area contributed by atoms with Gasteiger partial charge >= 0.3 is 12.1 Å². The molecule has 3 unspecified atom stereocenters. The third kappa shape index (κ3) is 8.35. The number of hydrogen-bond acceptors (Lipinski definition) is 14. The third-order valence-corrected chi connectivity index (χ3v) is 12.8. The van der Waals surface area contributed by atoms with Gasteiger partial charge in [0.25, 0.3) is 5.09 Å². The maximum absolute atomic E-state index is 14.4. The SMILES string of the molecule is CCCC1O[C@@H]2C[C@H]3[C@@H]4CCC5=CC(=O)C=C[C@]5(C)[C@H]4[C@@H](O)C[C@]3(C)C2(C(=O)COC(=O)Oc2ccc(CC(NC(C)=O)C(=O)OCCCCO[N+](=O)[O-])cc2)O1. The number of benzene rings is 1. The summed E-state index contributed by atoms with van der Waals surface area (Å²) in [5.41, 5.74) is -1.13. The second-order valence-corrected chi connectivity index (χ2v) is 16.2. The number of fused-ring (bicyclic) bond motifs is 7. The predicted octanol–water partition coefficient (Wildman–Crippen LogP) is 4.52. The molecule has 310 valence electrons. The van der Waals surface area contributed by atoms with Gasteiger partial charge in [-0.1, -0.05) is 51.0 Å². The summed E-state index contributed by atoms with van der Waals surface area (Å²) < 4.78 is 29.1. The molecular formula is C41H52N2O14. The highest BCUT2D eigenvalue weighted by Gasteiger charge is 2.76. The Morgan fingerprint density at radius 3 is 2.54 bits per heavy atom. The first-order valence-corrected chi connectivity index (χ1v) is 19.7. The number of hydrogen-bond donors (Lipinski definition) is 2. The number of rotatable bonds is 16. The molecule has 57 heavy (non-hydrogen) atoms. The van der Waals surface area contributed by atoms with Gasteiger partial charge in [-0.15, -0.1) is 10.1 Å². The van der Waals surface area contributed by atoms with Crippen LogP contribution in [-0.2, 0) is 49.4 Å². The number of esters is 1. The molecule has 0 spiro atoms. The van der Waals surface area contributed by atoms with Gasteiger partial charge in [0.05, 0.1) is 25.4 Å². The Morgan fingerprint density at radius 1 is 1.11 bits per heavy atom. The first-order chi connectivity index (χ1) is 27.1. The van der Waals surface area contributed by atoms with Crippen LogP contribution in [0.1, 0.15) is 84.6 Å². The summed E-state index contributed by atoms with van der Waals surface area (Å²) in [5.74, 6) is -1.67. The number of ether oxygens (including phenoxy) is 5. The maximum atomic E-state index is 14.4. The van der Waals surface area contributed by atoms with Crippen molar-refractivity contribution in [3.8, 4) is 5.75 Å².